The van der Waals surface area contributed by atoms with Crippen molar-refractivity contribution in [2.45, 2.75) is 51.0 Å². The van der Waals surface area contributed by atoms with Gasteiger partial charge in [-0.25, -0.2) is 0 Å². The lowest BCUT2D eigenvalue weighted by molar-refractivity contribution is -0.143. The van der Waals surface area contributed by atoms with Crippen molar-refractivity contribution in [1.82, 2.24) is 0 Å². The van der Waals surface area contributed by atoms with E-state index >= 15 is 0 Å². The summed E-state index contributed by atoms with van der Waals surface area (Å²) < 4.78 is 16.3. The summed E-state index contributed by atoms with van der Waals surface area (Å²) in [7, 11) is -1.01. The van der Waals surface area contributed by atoms with Crippen molar-refractivity contribution in [3.63, 3.8) is 0 Å². The van der Waals surface area contributed by atoms with Crippen LogP contribution in [0.4, 0.5) is 0 Å². The molecule has 0 saturated carbocycles. The number of hydrogen-bond donors (Lipinski definition) is 0. The Hall–Kier alpha value is -0.380. The molecule has 0 aromatic carbocycles. The Labute approximate surface area is 88.7 Å². The maximum absolute atomic E-state index is 11.8. The first-order chi connectivity index (χ1) is 6.29. The molecule has 0 aliphatic heterocycles. The van der Waals surface area contributed by atoms with Crippen molar-refractivity contribution in [1.29, 1.82) is 0 Å². The summed E-state index contributed by atoms with van der Waals surface area (Å²) in [6.07, 6.45) is 0.234. The maximum atomic E-state index is 11.8. The Morgan fingerprint density at radius 1 is 1.43 bits per heavy atom. The monoisotopic (exact) mass is 220 g/mol. The topological polar surface area (TPSA) is 43.4 Å². The van der Waals surface area contributed by atoms with Crippen LogP contribution in [0.3, 0.4) is 0 Å². The number of carbonyl (C=O) groups excluding carboxylic acids is 1. The van der Waals surface area contributed by atoms with Crippen molar-refractivity contribution in [2.75, 3.05) is 6.61 Å². The van der Waals surface area contributed by atoms with Gasteiger partial charge in [0.1, 0.15) is 0 Å². The van der Waals surface area contributed by atoms with Crippen LogP contribution >= 0.6 is 0 Å². The minimum absolute atomic E-state index is 0.144. The summed E-state index contributed by atoms with van der Waals surface area (Å²) in [5.74, 6) is -0.266. The Bertz CT molecular complexity index is 218. The van der Waals surface area contributed by atoms with E-state index in [2.05, 4.69) is 0 Å². The van der Waals surface area contributed by atoms with Crippen molar-refractivity contribution >= 4 is 16.8 Å². The number of rotatable bonds is 4. The van der Waals surface area contributed by atoms with Crippen LogP contribution in [-0.4, -0.2) is 26.8 Å². The molecule has 3 nitrogen and oxygen atoms in total. The van der Waals surface area contributed by atoms with Crippen molar-refractivity contribution in [3.8, 4) is 0 Å². The molecule has 14 heavy (non-hydrogen) atoms. The first kappa shape index (κ1) is 13.6. The molecule has 0 saturated heterocycles. The summed E-state index contributed by atoms with van der Waals surface area (Å²) in [6.45, 7) is 9.69. The molecule has 2 unspecified atom stereocenters. The minimum Gasteiger partial charge on any atom is -0.466 e. The number of esters is 1. The molecule has 0 N–H and O–H groups in total. The lowest BCUT2D eigenvalue weighted by atomic mass is 10.3. The molecule has 0 spiro atoms. The van der Waals surface area contributed by atoms with Crippen LogP contribution < -0.4 is 0 Å². The lowest BCUT2D eigenvalue weighted by Gasteiger charge is -2.22. The van der Waals surface area contributed by atoms with Gasteiger partial charge < -0.3 is 4.74 Å². The third-order valence-corrected chi connectivity index (χ3v) is 3.83. The van der Waals surface area contributed by atoms with E-state index in [1.54, 1.807) is 6.92 Å². The van der Waals surface area contributed by atoms with Gasteiger partial charge in [-0.15, -0.1) is 0 Å². The van der Waals surface area contributed by atoms with Crippen LogP contribution in [0, 0.1) is 0 Å². The van der Waals surface area contributed by atoms with Gasteiger partial charge in [-0.1, -0.05) is 6.92 Å². The van der Waals surface area contributed by atoms with E-state index in [-0.39, 0.29) is 22.4 Å². The minimum atomic E-state index is -1.01. The van der Waals surface area contributed by atoms with Crippen LogP contribution in [-0.2, 0) is 20.3 Å². The second kappa shape index (κ2) is 5.49. The molecule has 0 heterocycles. The van der Waals surface area contributed by atoms with Crippen LogP contribution in [0.15, 0.2) is 0 Å². The predicted molar refractivity (Wildman–Crippen MR) is 58.6 cm³/mol. The quantitative estimate of drug-likeness (QED) is 0.679. The van der Waals surface area contributed by atoms with Crippen LogP contribution in [0.25, 0.3) is 0 Å². The SMILES string of the molecule is CCOC(=O)CC(C)S(=O)C(C)(C)C. The predicted octanol–water partition coefficient (Wildman–Crippen LogP) is 1.88. The first-order valence-electron chi connectivity index (χ1n) is 4.85. The van der Waals surface area contributed by atoms with Gasteiger partial charge >= 0.3 is 5.97 Å². The first-order valence-corrected chi connectivity index (χ1v) is 6.06. The second-order valence-electron chi connectivity index (χ2n) is 4.23. The van der Waals surface area contributed by atoms with Crippen molar-refractivity contribution in [3.05, 3.63) is 0 Å². The van der Waals surface area contributed by atoms with Gasteiger partial charge in [-0.2, -0.15) is 0 Å². The Balaban J connectivity index is 4.15. The lowest BCUT2D eigenvalue weighted by Crippen LogP contribution is -2.31. The summed E-state index contributed by atoms with van der Waals surface area (Å²) in [5, 5.41) is -0.144. The smallest absolute Gasteiger partial charge is 0.306 e. The third-order valence-electron chi connectivity index (χ3n) is 1.73. The molecule has 0 radical (unpaired) electrons. The van der Waals surface area contributed by atoms with Gasteiger partial charge in [0.15, 0.2) is 0 Å². The molecule has 84 valence electrons. The Morgan fingerprint density at radius 3 is 2.29 bits per heavy atom. The molecule has 0 aliphatic rings. The molecule has 0 aromatic rings. The molecular weight excluding hydrogens is 200 g/mol. The van der Waals surface area contributed by atoms with E-state index in [9.17, 15) is 9.00 Å². The zero-order valence-electron chi connectivity index (χ0n) is 9.62. The highest BCUT2D eigenvalue weighted by molar-refractivity contribution is 7.87. The largest absolute Gasteiger partial charge is 0.466 e. The van der Waals surface area contributed by atoms with Gasteiger partial charge in [0.25, 0.3) is 0 Å². The van der Waals surface area contributed by atoms with Crippen LogP contribution in [0.5, 0.6) is 0 Å². The zero-order valence-corrected chi connectivity index (χ0v) is 10.4. The Kier molecular flexibility index (Phi) is 5.34. The van der Waals surface area contributed by atoms with Crippen molar-refractivity contribution < 1.29 is 13.7 Å². The van der Waals surface area contributed by atoms with Gasteiger partial charge in [-0.3, -0.25) is 9.00 Å². The standard InChI is InChI=1S/C10H20O3S/c1-6-13-9(11)7-8(2)14(12)10(3,4)5/h8H,6-7H2,1-5H3. The zero-order chi connectivity index (χ0) is 11.4. The van der Waals surface area contributed by atoms with Gasteiger partial charge in [0, 0.05) is 20.8 Å². The molecule has 2 atom stereocenters. The molecule has 4 heteroatoms. The average molecular weight is 220 g/mol. The van der Waals surface area contributed by atoms with Crippen molar-refractivity contribution in [2.24, 2.45) is 0 Å². The summed E-state index contributed by atoms with van der Waals surface area (Å²) >= 11 is 0. The van der Waals surface area contributed by atoms with E-state index in [4.69, 9.17) is 4.74 Å². The van der Waals surface area contributed by atoms with Gasteiger partial charge in [0.2, 0.25) is 0 Å². The third kappa shape index (κ3) is 4.74. The highest BCUT2D eigenvalue weighted by Crippen LogP contribution is 2.18. The highest BCUT2D eigenvalue weighted by Gasteiger charge is 2.26. The summed E-state index contributed by atoms with van der Waals surface area (Å²) in [4.78, 5) is 11.1. The molecule has 0 aromatic heterocycles. The Morgan fingerprint density at radius 2 is 1.93 bits per heavy atom. The van der Waals surface area contributed by atoms with Crippen LogP contribution in [0.1, 0.15) is 41.0 Å². The molecular formula is C10H20O3S. The van der Waals surface area contributed by atoms with E-state index in [1.807, 2.05) is 27.7 Å². The van der Waals surface area contributed by atoms with E-state index in [1.165, 1.54) is 0 Å². The number of ether oxygens (including phenoxy) is 1. The normalized spacial score (nSPS) is 16.1. The molecule has 0 aliphatic carbocycles. The highest BCUT2D eigenvalue weighted by atomic mass is 32.2. The van der Waals surface area contributed by atoms with Crippen LogP contribution in [0.2, 0.25) is 0 Å². The number of carbonyl (C=O) groups is 1. The maximum Gasteiger partial charge on any atom is 0.306 e. The molecule has 0 rings (SSSR count). The van der Waals surface area contributed by atoms with Gasteiger partial charge in [-0.05, 0) is 27.7 Å². The molecule has 0 fully saturated rings. The average Bonchev–Trinajstić information content (AvgIpc) is 2.01. The molecule has 0 amide bonds. The summed E-state index contributed by atoms with van der Waals surface area (Å²) in [5.41, 5.74) is 0. The fourth-order valence-electron chi connectivity index (χ4n) is 1.13. The summed E-state index contributed by atoms with van der Waals surface area (Å²) in [6, 6.07) is 0. The molecule has 0 bridgehead atoms. The van der Waals surface area contributed by atoms with E-state index in [0.29, 0.717) is 6.61 Å². The van der Waals surface area contributed by atoms with E-state index < -0.39 is 10.8 Å². The van der Waals surface area contributed by atoms with Gasteiger partial charge in [0.05, 0.1) is 13.0 Å². The second-order valence-corrected chi connectivity index (χ2v) is 6.85. The fraction of sp³-hybridized carbons (Fsp3) is 0.900. The number of hydrogen-bond acceptors (Lipinski definition) is 3. The fourth-order valence-corrected chi connectivity index (χ4v) is 2.63. The van der Waals surface area contributed by atoms with E-state index in [0.717, 1.165) is 0 Å².